The Hall–Kier alpha value is -3.66. The van der Waals surface area contributed by atoms with Crippen molar-refractivity contribution in [1.29, 1.82) is 0 Å². The second-order valence-corrected chi connectivity index (χ2v) is 9.59. The predicted molar refractivity (Wildman–Crippen MR) is 137 cm³/mol. The lowest BCUT2D eigenvalue weighted by Crippen LogP contribution is -2.40. The predicted octanol–water partition coefficient (Wildman–Crippen LogP) is 5.26. The molecule has 1 saturated carbocycles. The Morgan fingerprint density at radius 1 is 0.811 bits per heavy atom. The molecule has 1 N–H and O–H groups in total. The van der Waals surface area contributed by atoms with E-state index in [9.17, 15) is 8.78 Å². The Bertz CT molecular complexity index is 1370. The van der Waals surface area contributed by atoms with Gasteiger partial charge in [-0.3, -0.25) is 4.57 Å². The highest BCUT2D eigenvalue weighted by Crippen LogP contribution is 2.40. The normalized spacial score (nSPS) is 17.9. The van der Waals surface area contributed by atoms with Crippen molar-refractivity contribution in [3.63, 3.8) is 0 Å². The summed E-state index contributed by atoms with van der Waals surface area (Å²) in [6.45, 7) is 2.32. The molecule has 37 heavy (non-hydrogen) atoms. The molecule has 0 bridgehead atoms. The molecule has 0 radical (unpaired) electrons. The van der Waals surface area contributed by atoms with Gasteiger partial charge in [0.25, 0.3) is 6.43 Å². The van der Waals surface area contributed by atoms with Crippen LogP contribution >= 0.6 is 0 Å². The number of para-hydroxylation sites is 2. The molecular formula is C27H29F2N7O. The minimum Gasteiger partial charge on any atom is -0.378 e. The van der Waals surface area contributed by atoms with Gasteiger partial charge < -0.3 is 15.0 Å². The number of nitrogens with zero attached hydrogens (tertiary/aromatic N) is 6. The van der Waals surface area contributed by atoms with E-state index in [4.69, 9.17) is 14.7 Å². The Kier molecular flexibility index (Phi) is 6.42. The monoisotopic (exact) mass is 505 g/mol. The van der Waals surface area contributed by atoms with Crippen LogP contribution in [0.4, 0.5) is 20.7 Å². The van der Waals surface area contributed by atoms with E-state index in [-0.39, 0.29) is 17.3 Å². The number of anilines is 2. The van der Waals surface area contributed by atoms with Crippen molar-refractivity contribution < 1.29 is 13.5 Å². The van der Waals surface area contributed by atoms with Crippen LogP contribution in [-0.2, 0) is 10.3 Å². The van der Waals surface area contributed by atoms with Gasteiger partial charge in [-0.25, -0.2) is 13.8 Å². The molecule has 6 rings (SSSR count). The van der Waals surface area contributed by atoms with Gasteiger partial charge in [-0.15, -0.1) is 0 Å². The number of rotatable bonds is 6. The quantitative estimate of drug-likeness (QED) is 0.383. The second kappa shape index (κ2) is 10.0. The number of alkyl halides is 2. The maximum atomic E-state index is 14.2. The Morgan fingerprint density at radius 2 is 1.51 bits per heavy atom. The number of imidazole rings is 1. The van der Waals surface area contributed by atoms with Crippen LogP contribution in [0.3, 0.4) is 0 Å². The van der Waals surface area contributed by atoms with E-state index >= 15 is 0 Å². The summed E-state index contributed by atoms with van der Waals surface area (Å²) in [6.07, 6.45) is 2.41. The van der Waals surface area contributed by atoms with Gasteiger partial charge in [0.1, 0.15) is 0 Å². The van der Waals surface area contributed by atoms with Crippen molar-refractivity contribution >= 4 is 22.9 Å². The first-order valence-corrected chi connectivity index (χ1v) is 12.8. The lowest BCUT2D eigenvalue weighted by atomic mass is 9.76. The van der Waals surface area contributed by atoms with Crippen LogP contribution in [0.25, 0.3) is 17.0 Å². The molecule has 192 valence electrons. The molecule has 2 aliphatic rings. The van der Waals surface area contributed by atoms with Gasteiger partial charge in [-0.05, 0) is 30.5 Å². The van der Waals surface area contributed by atoms with Crippen molar-refractivity contribution in [2.24, 2.45) is 0 Å². The van der Waals surface area contributed by atoms with Gasteiger partial charge in [0.2, 0.25) is 17.8 Å². The Morgan fingerprint density at radius 3 is 2.27 bits per heavy atom. The highest BCUT2D eigenvalue weighted by Gasteiger charge is 2.35. The van der Waals surface area contributed by atoms with Crippen LogP contribution in [0.5, 0.6) is 0 Å². The zero-order valence-electron chi connectivity index (χ0n) is 20.5. The van der Waals surface area contributed by atoms with Gasteiger partial charge >= 0.3 is 0 Å². The van der Waals surface area contributed by atoms with Crippen LogP contribution in [0.1, 0.15) is 49.9 Å². The van der Waals surface area contributed by atoms with Crippen LogP contribution < -0.4 is 10.2 Å². The third kappa shape index (κ3) is 4.61. The van der Waals surface area contributed by atoms with Gasteiger partial charge in [0, 0.05) is 13.1 Å². The molecule has 1 aliphatic heterocycles. The second-order valence-electron chi connectivity index (χ2n) is 9.59. The number of aromatic nitrogens is 5. The molecule has 1 saturated heterocycles. The summed E-state index contributed by atoms with van der Waals surface area (Å²) in [4.78, 5) is 20.4. The first kappa shape index (κ1) is 23.7. The standard InChI is InChI=1S/C27H29F2N7O/c28-22(29)23-30-20-11-5-6-12-21(20)36(23)26-32-24(31-25(33-26)35-15-17-37-18-16-35)34-27(13-7-2-8-14-27)19-9-3-1-4-10-19/h1,3-6,9-12,22H,2,7-8,13-18H2,(H,31,32,33,34). The average Bonchev–Trinajstić information content (AvgIpc) is 3.35. The molecule has 0 amide bonds. The van der Waals surface area contributed by atoms with Crippen LogP contribution in [0.15, 0.2) is 54.6 Å². The molecule has 2 aromatic carbocycles. The zero-order chi connectivity index (χ0) is 25.2. The Balaban J connectivity index is 1.50. The first-order chi connectivity index (χ1) is 18.1. The summed E-state index contributed by atoms with van der Waals surface area (Å²) in [5.74, 6) is 0.548. The molecule has 3 heterocycles. The van der Waals surface area contributed by atoms with E-state index in [1.165, 1.54) is 16.6 Å². The van der Waals surface area contributed by atoms with E-state index in [0.29, 0.717) is 49.2 Å². The zero-order valence-corrected chi connectivity index (χ0v) is 20.5. The van der Waals surface area contributed by atoms with E-state index in [2.05, 4.69) is 27.4 Å². The molecule has 1 aliphatic carbocycles. The molecule has 0 unspecified atom stereocenters. The summed E-state index contributed by atoms with van der Waals surface area (Å²) in [7, 11) is 0. The average molecular weight is 506 g/mol. The summed E-state index contributed by atoms with van der Waals surface area (Å²) in [5.41, 5.74) is 1.82. The minimum atomic E-state index is -2.79. The van der Waals surface area contributed by atoms with Crippen molar-refractivity contribution in [3.05, 3.63) is 66.0 Å². The summed E-state index contributed by atoms with van der Waals surface area (Å²) >= 11 is 0. The van der Waals surface area contributed by atoms with E-state index in [1.54, 1.807) is 24.3 Å². The lowest BCUT2D eigenvalue weighted by molar-refractivity contribution is 0.122. The molecular weight excluding hydrogens is 476 g/mol. The van der Waals surface area contributed by atoms with Crippen LogP contribution in [0.2, 0.25) is 0 Å². The van der Waals surface area contributed by atoms with Crippen molar-refractivity contribution in [2.75, 3.05) is 36.5 Å². The summed E-state index contributed by atoms with van der Waals surface area (Å²) in [5, 5.41) is 3.65. The first-order valence-electron chi connectivity index (χ1n) is 12.8. The fraction of sp³-hybridized carbons (Fsp3) is 0.407. The minimum absolute atomic E-state index is 0.127. The largest absolute Gasteiger partial charge is 0.378 e. The van der Waals surface area contributed by atoms with Crippen molar-refractivity contribution in [3.8, 4) is 5.95 Å². The number of benzene rings is 2. The van der Waals surface area contributed by atoms with Gasteiger partial charge in [0.15, 0.2) is 5.82 Å². The lowest BCUT2D eigenvalue weighted by Gasteiger charge is -2.39. The van der Waals surface area contributed by atoms with Crippen LogP contribution in [0, 0.1) is 0 Å². The fourth-order valence-electron chi connectivity index (χ4n) is 5.43. The van der Waals surface area contributed by atoms with Gasteiger partial charge in [0.05, 0.1) is 29.8 Å². The highest BCUT2D eigenvalue weighted by molar-refractivity contribution is 5.77. The highest BCUT2D eigenvalue weighted by atomic mass is 19.3. The van der Waals surface area contributed by atoms with E-state index in [1.807, 2.05) is 23.1 Å². The number of fused-ring (bicyclic) bond motifs is 1. The number of halogens is 2. The van der Waals surface area contributed by atoms with Crippen molar-refractivity contribution in [2.45, 2.75) is 44.1 Å². The third-order valence-electron chi connectivity index (χ3n) is 7.27. The Labute approximate surface area is 213 Å². The number of morpholine rings is 1. The summed E-state index contributed by atoms with van der Waals surface area (Å²) < 4.78 is 35.2. The third-order valence-corrected chi connectivity index (χ3v) is 7.27. The van der Waals surface area contributed by atoms with E-state index < -0.39 is 6.43 Å². The maximum absolute atomic E-state index is 14.2. The molecule has 8 nitrogen and oxygen atoms in total. The SMILES string of the molecule is FC(F)c1nc2ccccc2n1-c1nc(NC2(c3ccccc3)CCCCC2)nc(N2CCOCC2)n1. The number of ether oxygens (including phenoxy) is 1. The number of hydrogen-bond acceptors (Lipinski definition) is 7. The molecule has 0 atom stereocenters. The molecule has 2 aromatic heterocycles. The molecule has 2 fully saturated rings. The summed E-state index contributed by atoms with van der Waals surface area (Å²) in [6, 6.07) is 17.4. The van der Waals surface area contributed by atoms with Gasteiger partial charge in [-0.2, -0.15) is 15.0 Å². The number of nitrogens with one attached hydrogen (secondary N) is 1. The smallest absolute Gasteiger partial charge is 0.296 e. The maximum Gasteiger partial charge on any atom is 0.296 e. The molecule has 10 heteroatoms. The molecule has 0 spiro atoms. The molecule has 4 aromatic rings. The fourth-order valence-corrected chi connectivity index (χ4v) is 5.43. The van der Waals surface area contributed by atoms with Gasteiger partial charge in [-0.1, -0.05) is 61.7 Å². The van der Waals surface area contributed by atoms with Crippen molar-refractivity contribution in [1.82, 2.24) is 24.5 Å². The number of hydrogen-bond donors (Lipinski definition) is 1. The van der Waals surface area contributed by atoms with Crippen LogP contribution in [-0.4, -0.2) is 50.8 Å². The van der Waals surface area contributed by atoms with E-state index in [0.717, 1.165) is 25.7 Å². The topological polar surface area (TPSA) is 81.0 Å².